The zero-order valence-electron chi connectivity index (χ0n) is 11.2. The average molecular weight is 452 g/mol. The Kier molecular flexibility index (Phi) is 5.71. The summed E-state index contributed by atoms with van der Waals surface area (Å²) in [6, 6.07) is 5.16. The number of methoxy groups -OCH3 is 1. The summed E-state index contributed by atoms with van der Waals surface area (Å²) in [5.74, 6) is -1.51. The van der Waals surface area contributed by atoms with Gasteiger partial charge in [0.05, 0.1) is 16.5 Å². The van der Waals surface area contributed by atoms with Crippen molar-refractivity contribution in [1.29, 1.82) is 0 Å². The Morgan fingerprint density at radius 1 is 1.27 bits per heavy atom. The first-order valence-electron chi connectivity index (χ1n) is 5.91. The fourth-order valence-electron chi connectivity index (χ4n) is 1.63. The number of carbonyl (C=O) groups excluding carboxylic acids is 2. The number of benzene rings is 1. The van der Waals surface area contributed by atoms with Gasteiger partial charge in [-0.15, -0.1) is 11.3 Å². The van der Waals surface area contributed by atoms with Gasteiger partial charge >= 0.3 is 5.97 Å². The van der Waals surface area contributed by atoms with E-state index in [9.17, 15) is 14.0 Å². The molecule has 22 heavy (non-hydrogen) atoms. The Labute approximate surface area is 146 Å². The number of halogens is 3. The van der Waals surface area contributed by atoms with Gasteiger partial charge in [0.1, 0.15) is 16.4 Å². The van der Waals surface area contributed by atoms with E-state index in [2.05, 4.69) is 31.9 Å². The van der Waals surface area contributed by atoms with Crippen molar-refractivity contribution in [2.75, 3.05) is 13.7 Å². The van der Waals surface area contributed by atoms with Crippen LogP contribution >= 0.6 is 43.2 Å². The predicted molar refractivity (Wildman–Crippen MR) is 87.3 cm³/mol. The minimum Gasteiger partial charge on any atom is -0.496 e. The molecule has 0 amide bonds. The van der Waals surface area contributed by atoms with Gasteiger partial charge in [0.2, 0.25) is 5.78 Å². The summed E-state index contributed by atoms with van der Waals surface area (Å²) in [5.41, 5.74) is 0.0313. The molecule has 0 bridgehead atoms. The van der Waals surface area contributed by atoms with Crippen LogP contribution in [0, 0.1) is 5.82 Å². The molecule has 0 saturated carbocycles. The van der Waals surface area contributed by atoms with Crippen LogP contribution in [-0.2, 0) is 4.74 Å². The molecule has 4 nitrogen and oxygen atoms in total. The molecule has 2 rings (SSSR count). The predicted octanol–water partition coefficient (Wildman–Crippen LogP) is 4.46. The van der Waals surface area contributed by atoms with E-state index in [0.29, 0.717) is 4.88 Å². The van der Waals surface area contributed by atoms with Crippen LogP contribution in [0.5, 0.6) is 5.75 Å². The highest BCUT2D eigenvalue weighted by Crippen LogP contribution is 2.32. The lowest BCUT2D eigenvalue weighted by Crippen LogP contribution is -2.14. The van der Waals surface area contributed by atoms with Gasteiger partial charge in [-0.3, -0.25) is 4.79 Å². The smallest absolute Gasteiger partial charge is 0.348 e. The van der Waals surface area contributed by atoms with Crippen LogP contribution in [0.25, 0.3) is 0 Å². The number of ether oxygens (including phenoxy) is 2. The van der Waals surface area contributed by atoms with Crippen molar-refractivity contribution in [2.24, 2.45) is 0 Å². The summed E-state index contributed by atoms with van der Waals surface area (Å²) < 4.78 is 24.7. The number of esters is 1. The summed E-state index contributed by atoms with van der Waals surface area (Å²) in [6.07, 6.45) is 0. The molecular weight excluding hydrogens is 443 g/mol. The van der Waals surface area contributed by atoms with Gasteiger partial charge in [0, 0.05) is 4.47 Å². The number of hydrogen-bond donors (Lipinski definition) is 0. The van der Waals surface area contributed by atoms with Crippen LogP contribution in [0.4, 0.5) is 4.39 Å². The van der Waals surface area contributed by atoms with Crippen LogP contribution < -0.4 is 4.74 Å². The van der Waals surface area contributed by atoms with Crippen LogP contribution in [0.15, 0.2) is 32.5 Å². The summed E-state index contributed by atoms with van der Waals surface area (Å²) in [6.45, 7) is -0.494. The molecule has 0 spiro atoms. The Morgan fingerprint density at radius 3 is 2.59 bits per heavy atom. The van der Waals surface area contributed by atoms with E-state index < -0.39 is 24.2 Å². The van der Waals surface area contributed by atoms with Crippen molar-refractivity contribution >= 4 is 54.9 Å². The van der Waals surface area contributed by atoms with E-state index in [4.69, 9.17) is 9.47 Å². The van der Waals surface area contributed by atoms with E-state index in [1.807, 2.05) is 0 Å². The van der Waals surface area contributed by atoms with E-state index >= 15 is 0 Å². The Morgan fingerprint density at radius 2 is 2.00 bits per heavy atom. The maximum Gasteiger partial charge on any atom is 0.348 e. The Balaban J connectivity index is 2.07. The van der Waals surface area contributed by atoms with Crippen molar-refractivity contribution in [3.63, 3.8) is 0 Å². The van der Waals surface area contributed by atoms with Crippen molar-refractivity contribution in [1.82, 2.24) is 0 Å². The van der Waals surface area contributed by atoms with Crippen LogP contribution in [0.2, 0.25) is 0 Å². The first-order valence-corrected chi connectivity index (χ1v) is 8.31. The second kappa shape index (κ2) is 7.34. The first kappa shape index (κ1) is 17.1. The topological polar surface area (TPSA) is 52.6 Å². The van der Waals surface area contributed by atoms with Crippen LogP contribution in [-0.4, -0.2) is 25.5 Å². The van der Waals surface area contributed by atoms with E-state index in [1.165, 1.54) is 30.6 Å². The Hall–Kier alpha value is -1.25. The number of rotatable bonds is 5. The highest BCUT2D eigenvalue weighted by atomic mass is 79.9. The minimum absolute atomic E-state index is 0.0313. The molecule has 0 aliphatic carbocycles. The fraction of sp³-hybridized carbons (Fsp3) is 0.143. The van der Waals surface area contributed by atoms with Gasteiger partial charge in [-0.1, -0.05) is 0 Å². The number of carbonyl (C=O) groups is 2. The molecule has 0 aliphatic rings. The molecular formula is C14H9Br2FO4S. The van der Waals surface area contributed by atoms with E-state index in [1.54, 1.807) is 6.07 Å². The van der Waals surface area contributed by atoms with E-state index in [-0.39, 0.29) is 11.3 Å². The molecule has 0 unspecified atom stereocenters. The summed E-state index contributed by atoms with van der Waals surface area (Å²) in [4.78, 5) is 24.2. The quantitative estimate of drug-likeness (QED) is 0.497. The third-order valence-electron chi connectivity index (χ3n) is 2.64. The number of thiophene rings is 1. The highest BCUT2D eigenvalue weighted by Gasteiger charge is 2.18. The van der Waals surface area contributed by atoms with Crippen LogP contribution in [0.1, 0.15) is 20.0 Å². The number of Topliss-reactive ketones (excluding diaryl/α,β-unsaturated/α-hetero) is 1. The lowest BCUT2D eigenvalue weighted by atomic mass is 10.1. The standard InChI is InChI=1S/C14H9Br2FO4S/c1-20-11-3-2-7(17)4-8(11)10(18)6-21-14(19)12-5-9(15)13(16)22-12/h2-5H,6H2,1H3. The van der Waals surface area contributed by atoms with Crippen LogP contribution in [0.3, 0.4) is 0 Å². The molecule has 1 aromatic carbocycles. The first-order chi connectivity index (χ1) is 10.4. The van der Waals surface area contributed by atoms with Gasteiger partial charge in [0.25, 0.3) is 0 Å². The zero-order chi connectivity index (χ0) is 16.3. The van der Waals surface area contributed by atoms with Crippen molar-refractivity contribution in [3.05, 3.63) is 48.8 Å². The highest BCUT2D eigenvalue weighted by molar-refractivity contribution is 9.13. The van der Waals surface area contributed by atoms with Gasteiger partial charge < -0.3 is 9.47 Å². The van der Waals surface area contributed by atoms with Gasteiger partial charge in [0.15, 0.2) is 6.61 Å². The SMILES string of the molecule is COc1ccc(F)cc1C(=O)COC(=O)c1cc(Br)c(Br)s1. The normalized spacial score (nSPS) is 10.4. The molecule has 1 heterocycles. The summed E-state index contributed by atoms with van der Waals surface area (Å²) in [5, 5.41) is 0. The molecule has 0 N–H and O–H groups in total. The third kappa shape index (κ3) is 3.93. The average Bonchev–Trinajstić information content (AvgIpc) is 2.84. The molecule has 0 fully saturated rings. The molecule has 0 atom stereocenters. The van der Waals surface area contributed by atoms with Crippen molar-refractivity contribution in [3.8, 4) is 5.75 Å². The molecule has 8 heteroatoms. The maximum atomic E-state index is 13.2. The molecule has 0 aliphatic heterocycles. The molecule has 116 valence electrons. The largest absolute Gasteiger partial charge is 0.496 e. The third-order valence-corrected chi connectivity index (χ3v) is 5.88. The number of ketones is 1. The summed E-state index contributed by atoms with van der Waals surface area (Å²) >= 11 is 7.70. The molecule has 1 aromatic heterocycles. The van der Waals surface area contributed by atoms with Gasteiger partial charge in [-0.2, -0.15) is 0 Å². The van der Waals surface area contributed by atoms with E-state index in [0.717, 1.165) is 14.3 Å². The lowest BCUT2D eigenvalue weighted by Gasteiger charge is -2.08. The lowest BCUT2D eigenvalue weighted by molar-refractivity contribution is 0.0478. The fourth-order valence-corrected chi connectivity index (χ4v) is 3.55. The second-order valence-corrected chi connectivity index (χ2v) is 7.30. The second-order valence-electron chi connectivity index (χ2n) is 4.08. The van der Waals surface area contributed by atoms with Gasteiger partial charge in [-0.05, 0) is 56.1 Å². The monoisotopic (exact) mass is 450 g/mol. The minimum atomic E-state index is -0.625. The Bertz CT molecular complexity index is 710. The summed E-state index contributed by atoms with van der Waals surface area (Å²) in [7, 11) is 1.37. The molecule has 2 aromatic rings. The number of hydrogen-bond acceptors (Lipinski definition) is 5. The van der Waals surface area contributed by atoms with Gasteiger partial charge in [-0.25, -0.2) is 9.18 Å². The maximum absolute atomic E-state index is 13.2. The molecule has 0 radical (unpaired) electrons. The zero-order valence-corrected chi connectivity index (χ0v) is 15.2. The van der Waals surface area contributed by atoms with Crippen molar-refractivity contribution in [2.45, 2.75) is 0 Å². The van der Waals surface area contributed by atoms with Crippen molar-refractivity contribution < 1.29 is 23.5 Å². The molecule has 0 saturated heterocycles.